The second kappa shape index (κ2) is 10.2. The zero-order valence-electron chi connectivity index (χ0n) is 15.3. The van der Waals surface area contributed by atoms with E-state index in [1.54, 1.807) is 0 Å². The number of quaternary nitrogens is 1. The molecule has 8 heteroatoms. The van der Waals surface area contributed by atoms with E-state index in [2.05, 4.69) is 74.3 Å². The lowest BCUT2D eigenvalue weighted by atomic mass is 10.1. The largest absolute Gasteiger partial charge is 0.280 e. The number of rotatable bonds is 6. The van der Waals surface area contributed by atoms with Crippen LogP contribution in [0, 0.1) is 10.2 Å². The van der Waals surface area contributed by atoms with Crippen LogP contribution in [0.2, 0.25) is 0 Å². The topological polar surface area (TPSA) is 103 Å². The van der Waals surface area contributed by atoms with Crippen molar-refractivity contribution in [3.63, 3.8) is 0 Å². The van der Waals surface area contributed by atoms with Crippen LogP contribution in [0.4, 0.5) is 0 Å². The summed E-state index contributed by atoms with van der Waals surface area (Å²) in [6.45, 7) is 6.84. The van der Waals surface area contributed by atoms with Gasteiger partial charge in [-0.05, 0) is 38.1 Å². The molecule has 1 aromatic rings. The van der Waals surface area contributed by atoms with Crippen molar-refractivity contribution < 1.29 is 33.9 Å². The van der Waals surface area contributed by atoms with E-state index in [1.807, 2.05) is 0 Å². The summed E-state index contributed by atoms with van der Waals surface area (Å²) in [5.41, 5.74) is 2.71. The highest BCUT2D eigenvalue weighted by atomic mass is 35.7. The Morgan fingerprint density at radius 1 is 1.04 bits per heavy atom. The van der Waals surface area contributed by atoms with Crippen molar-refractivity contribution in [3.8, 4) is 0 Å². The highest BCUT2D eigenvalue weighted by Crippen LogP contribution is 2.17. The van der Waals surface area contributed by atoms with Gasteiger partial charge in [0, 0.05) is 18.7 Å². The average molecular weight is 374 g/mol. The van der Waals surface area contributed by atoms with Crippen molar-refractivity contribution in [3.05, 3.63) is 42.0 Å². The van der Waals surface area contributed by atoms with Crippen LogP contribution >= 0.6 is 0 Å². The van der Waals surface area contributed by atoms with Crippen molar-refractivity contribution in [2.45, 2.75) is 32.9 Å². The number of halogens is 1. The first kappa shape index (κ1) is 22.0. The molecule has 0 saturated carbocycles. The van der Waals surface area contributed by atoms with Crippen molar-refractivity contribution in [1.29, 1.82) is 0 Å². The van der Waals surface area contributed by atoms with E-state index in [9.17, 15) is 0 Å². The number of benzene rings is 1. The lowest BCUT2D eigenvalue weighted by molar-refractivity contribution is -2.00. The fourth-order valence-electron chi connectivity index (χ4n) is 2.99. The normalized spacial score (nSPS) is 21.1. The Labute approximate surface area is 152 Å². The third-order valence-electron chi connectivity index (χ3n) is 4.11. The Morgan fingerprint density at radius 2 is 1.52 bits per heavy atom. The Bertz CT molecular complexity index is 524. The van der Waals surface area contributed by atoms with E-state index >= 15 is 0 Å². The van der Waals surface area contributed by atoms with E-state index in [0.717, 1.165) is 13.1 Å². The SMILES string of the molecule is CCCN(CCC)C1C=C(c2ccccc2)[NH+](C)N1C.[O-][Cl+3]([O-])([O-])[O-]. The molecular formula is C17H28ClN3O4. The van der Waals surface area contributed by atoms with Gasteiger partial charge in [-0.2, -0.15) is 0 Å². The maximum atomic E-state index is 8.49. The maximum absolute atomic E-state index is 8.49. The molecule has 142 valence electrons. The summed E-state index contributed by atoms with van der Waals surface area (Å²) in [6, 6.07) is 10.7. The molecule has 2 unspecified atom stereocenters. The summed E-state index contributed by atoms with van der Waals surface area (Å²) < 4.78 is 34.0. The predicted molar refractivity (Wildman–Crippen MR) is 85.0 cm³/mol. The van der Waals surface area contributed by atoms with Gasteiger partial charge in [-0.3, -0.25) is 4.90 Å². The molecular weight excluding hydrogens is 346 g/mol. The highest BCUT2D eigenvalue weighted by Gasteiger charge is 2.35. The van der Waals surface area contributed by atoms with Crippen molar-refractivity contribution in [2.75, 3.05) is 27.2 Å². The zero-order chi connectivity index (χ0) is 19.0. The van der Waals surface area contributed by atoms with Crippen LogP contribution in [-0.2, 0) is 0 Å². The number of nitrogens with zero attached hydrogens (tertiary/aromatic N) is 2. The molecule has 0 amide bonds. The molecule has 7 nitrogen and oxygen atoms in total. The van der Waals surface area contributed by atoms with Crippen LogP contribution in [0.25, 0.3) is 5.70 Å². The summed E-state index contributed by atoms with van der Waals surface area (Å²) in [7, 11) is -0.500. The zero-order valence-corrected chi connectivity index (χ0v) is 16.0. The molecule has 0 radical (unpaired) electrons. The van der Waals surface area contributed by atoms with Crippen LogP contribution in [-0.4, -0.2) is 43.3 Å². The summed E-state index contributed by atoms with van der Waals surface area (Å²) >= 11 is 0. The fourth-order valence-corrected chi connectivity index (χ4v) is 2.99. The fraction of sp³-hybridized carbons (Fsp3) is 0.529. The molecule has 1 N–H and O–H groups in total. The van der Waals surface area contributed by atoms with Crippen LogP contribution in [0.5, 0.6) is 0 Å². The third kappa shape index (κ3) is 7.39. The van der Waals surface area contributed by atoms with Gasteiger partial charge < -0.3 is 0 Å². The first-order valence-electron chi connectivity index (χ1n) is 8.38. The molecule has 0 aliphatic carbocycles. The molecule has 1 aliphatic heterocycles. The summed E-state index contributed by atoms with van der Waals surface area (Å²) in [5.74, 6) is 0. The number of hydrogen-bond donors (Lipinski definition) is 1. The molecule has 1 aromatic carbocycles. The van der Waals surface area contributed by atoms with Gasteiger partial charge in [-0.25, -0.2) is 23.6 Å². The van der Waals surface area contributed by atoms with E-state index < -0.39 is 10.2 Å². The standard InChI is InChI=1S/C17H27N3.ClHO4/c1-5-12-20(13-6-2)17-14-16(18(3)19(17)4)15-10-8-7-9-11-15;2-1(3,4)5/h7-11,14,17H,5-6,12-13H2,1-4H3;(H,2,3,4,5). The molecule has 1 aliphatic rings. The number of nitrogens with one attached hydrogen (secondary N) is 1. The monoisotopic (exact) mass is 373 g/mol. The van der Waals surface area contributed by atoms with E-state index in [0.29, 0.717) is 6.17 Å². The van der Waals surface area contributed by atoms with Crippen LogP contribution in [0.15, 0.2) is 36.4 Å². The maximum Gasteiger partial charge on any atom is 0.156 e. The van der Waals surface area contributed by atoms with Gasteiger partial charge in [0.2, 0.25) is 0 Å². The second-order valence-corrected chi connectivity index (χ2v) is 6.73. The average Bonchev–Trinajstić information content (AvgIpc) is 2.82. The summed E-state index contributed by atoms with van der Waals surface area (Å²) in [6.07, 6.45) is 5.25. The Hall–Kier alpha value is -1.03. The van der Waals surface area contributed by atoms with Gasteiger partial charge in [-0.1, -0.05) is 32.0 Å². The molecule has 0 spiro atoms. The smallest absolute Gasteiger partial charge is 0.156 e. The molecule has 2 rings (SSSR count). The van der Waals surface area contributed by atoms with E-state index in [4.69, 9.17) is 18.6 Å². The minimum atomic E-state index is -4.94. The minimum absolute atomic E-state index is 0.408. The lowest BCUT2D eigenvalue weighted by Gasteiger charge is -2.32. The molecule has 2 atom stereocenters. The first-order chi connectivity index (χ1) is 11.7. The molecule has 0 fully saturated rings. The van der Waals surface area contributed by atoms with Gasteiger partial charge in [0.15, 0.2) is 5.70 Å². The van der Waals surface area contributed by atoms with Gasteiger partial charge >= 0.3 is 0 Å². The van der Waals surface area contributed by atoms with Gasteiger partial charge in [-0.15, -0.1) is 15.3 Å². The Kier molecular flexibility index (Phi) is 8.98. The number of hydrogen-bond acceptors (Lipinski definition) is 6. The lowest BCUT2D eigenvalue weighted by Crippen LogP contribution is -3.11. The number of likely N-dealkylation sites (N-methyl/N-ethyl adjacent to an activating group) is 1. The van der Waals surface area contributed by atoms with Crippen molar-refractivity contribution in [1.82, 2.24) is 9.91 Å². The predicted octanol–water partition coefficient (Wildman–Crippen LogP) is -2.91. The van der Waals surface area contributed by atoms with Crippen LogP contribution < -0.4 is 23.6 Å². The van der Waals surface area contributed by atoms with Crippen LogP contribution in [0.1, 0.15) is 32.3 Å². The Balaban J connectivity index is 0.000000550. The molecule has 25 heavy (non-hydrogen) atoms. The quantitative estimate of drug-likeness (QED) is 0.573. The molecule has 1 heterocycles. The van der Waals surface area contributed by atoms with Crippen LogP contribution in [0.3, 0.4) is 0 Å². The van der Waals surface area contributed by atoms with E-state index in [1.165, 1.54) is 29.1 Å². The summed E-state index contributed by atoms with van der Waals surface area (Å²) in [4.78, 5) is 2.58. The highest BCUT2D eigenvalue weighted by molar-refractivity contribution is 5.59. The molecule has 0 saturated heterocycles. The third-order valence-corrected chi connectivity index (χ3v) is 4.11. The van der Waals surface area contributed by atoms with Gasteiger partial charge in [0.25, 0.3) is 0 Å². The Morgan fingerprint density at radius 3 is 1.96 bits per heavy atom. The first-order valence-corrected chi connectivity index (χ1v) is 9.62. The van der Waals surface area contributed by atoms with Crippen molar-refractivity contribution >= 4 is 5.70 Å². The van der Waals surface area contributed by atoms with Gasteiger partial charge in [0.1, 0.15) is 6.17 Å². The second-order valence-electron chi connectivity index (χ2n) is 5.97. The molecule has 0 aromatic heterocycles. The summed E-state index contributed by atoms with van der Waals surface area (Å²) in [5, 5.41) is 3.78. The van der Waals surface area contributed by atoms with Gasteiger partial charge in [0.05, 0.1) is 7.05 Å². The van der Waals surface area contributed by atoms with Crippen molar-refractivity contribution in [2.24, 2.45) is 0 Å². The van der Waals surface area contributed by atoms with E-state index in [-0.39, 0.29) is 0 Å². The molecule has 0 bridgehead atoms. The minimum Gasteiger partial charge on any atom is -0.280 e.